The van der Waals surface area contributed by atoms with Crippen LogP contribution in [0.5, 0.6) is 0 Å². The first-order valence-corrected chi connectivity index (χ1v) is 2.38. The third-order valence-electron chi connectivity index (χ3n) is 0.933. The van der Waals surface area contributed by atoms with Gasteiger partial charge >= 0.3 is 0 Å². The molecule has 8 heavy (non-hydrogen) atoms. The smallest absolute Gasteiger partial charge is 0.191 e. The summed E-state index contributed by atoms with van der Waals surface area (Å²) in [6, 6.07) is 0. The van der Waals surface area contributed by atoms with Gasteiger partial charge in [0.1, 0.15) is 0 Å². The average Bonchev–Trinajstić information content (AvgIpc) is 2.14. The van der Waals surface area contributed by atoms with Crippen molar-refractivity contribution in [3.8, 4) is 0 Å². The van der Waals surface area contributed by atoms with Crippen molar-refractivity contribution < 1.29 is 2.85 Å². The van der Waals surface area contributed by atoms with Crippen molar-refractivity contribution in [1.29, 1.82) is 0 Å². The van der Waals surface area contributed by atoms with Gasteiger partial charge in [-0.3, -0.25) is 4.99 Å². The normalized spacial score (nSPS) is 15.9. The zero-order valence-electron chi connectivity index (χ0n) is 4.36. The van der Waals surface area contributed by atoms with Gasteiger partial charge in [0.2, 0.25) is 0 Å². The highest BCUT2D eigenvalue weighted by molar-refractivity contribution is 5.81. The Morgan fingerprint density at radius 2 is 2.00 bits per heavy atom. The Morgan fingerprint density at radius 3 is 2.25 bits per heavy atom. The first-order valence-electron chi connectivity index (χ1n) is 2.38. The van der Waals surface area contributed by atoms with Gasteiger partial charge in [-0.1, -0.05) is 7.43 Å². The van der Waals surface area contributed by atoms with Crippen molar-refractivity contribution in [2.45, 2.75) is 7.43 Å². The molecule has 0 radical (unpaired) electrons. The van der Waals surface area contributed by atoms with E-state index in [9.17, 15) is 0 Å². The van der Waals surface area contributed by atoms with Crippen LogP contribution in [0.4, 0.5) is 0 Å². The monoisotopic (exact) mass is 119 g/mol. The summed E-state index contributed by atoms with van der Waals surface area (Å²) in [5, 5.41) is 6.09. The van der Waals surface area contributed by atoms with E-state index in [1.54, 1.807) is 7.05 Å². The number of rotatable bonds is 0. The van der Waals surface area contributed by atoms with Gasteiger partial charge in [0.05, 0.1) is 0 Å². The fourth-order valence-corrected chi connectivity index (χ4v) is 0.582. The third-order valence-corrected chi connectivity index (χ3v) is 0.933. The van der Waals surface area contributed by atoms with Crippen LogP contribution in [0.2, 0.25) is 0 Å². The van der Waals surface area contributed by atoms with Crippen molar-refractivity contribution >= 4 is 5.96 Å². The van der Waals surface area contributed by atoms with E-state index in [0.717, 1.165) is 19.0 Å². The number of hydrogen-bond donors (Lipinski definition) is 2. The van der Waals surface area contributed by atoms with Gasteiger partial charge in [0, 0.05) is 23.0 Å². The first kappa shape index (κ1) is 7.27. The summed E-state index contributed by atoms with van der Waals surface area (Å²) in [4.78, 5) is 3.88. The third kappa shape index (κ3) is 1.40. The van der Waals surface area contributed by atoms with Gasteiger partial charge in [0.15, 0.2) is 5.96 Å². The Morgan fingerprint density at radius 1 is 1.50 bits per heavy atom. The van der Waals surface area contributed by atoms with E-state index in [4.69, 9.17) is 0 Å². The Kier molecular flexibility index (Phi) is 2.99. The molecule has 1 aliphatic heterocycles. The highest BCUT2D eigenvalue weighted by Gasteiger charge is 2.00. The van der Waals surface area contributed by atoms with E-state index in [1.807, 2.05) is 0 Å². The molecule has 1 aliphatic rings. The lowest BCUT2D eigenvalue weighted by atomic mass is 10.7. The number of aliphatic imine (C=N–C) groups is 1. The number of nitrogens with one attached hydrogen (secondary N) is 2. The molecule has 52 valence electrons. The van der Waals surface area contributed by atoms with Crippen LogP contribution in [0.25, 0.3) is 0 Å². The van der Waals surface area contributed by atoms with Crippen molar-refractivity contribution in [3.05, 3.63) is 0 Å². The van der Waals surface area contributed by atoms with Gasteiger partial charge in [-0.15, -0.1) is 0 Å². The first-order chi connectivity index (χ1) is 3.43. The summed E-state index contributed by atoms with van der Waals surface area (Å²) in [5.74, 6) is 0.917. The van der Waals surface area contributed by atoms with Crippen molar-refractivity contribution in [3.63, 3.8) is 0 Å². The van der Waals surface area contributed by atoms with Crippen LogP contribution < -0.4 is 10.6 Å². The molecule has 0 aliphatic carbocycles. The zero-order chi connectivity index (χ0) is 5.11. The second-order valence-corrected chi connectivity index (χ2v) is 1.43. The van der Waals surface area contributed by atoms with E-state index in [1.165, 1.54) is 0 Å². The molecule has 0 spiro atoms. The molecule has 0 aromatic carbocycles. The molecular weight excluding hydrogens is 102 g/mol. The van der Waals surface area contributed by atoms with Gasteiger partial charge in [-0.05, 0) is 0 Å². The van der Waals surface area contributed by atoms with Crippen LogP contribution in [0.3, 0.4) is 0 Å². The largest absolute Gasteiger partial charge is 0.355 e. The fourth-order valence-electron chi connectivity index (χ4n) is 0.582. The summed E-state index contributed by atoms with van der Waals surface area (Å²) in [6.45, 7) is 2.01. The average molecular weight is 119 g/mol. The second-order valence-electron chi connectivity index (χ2n) is 1.43. The van der Waals surface area contributed by atoms with E-state index in [2.05, 4.69) is 15.6 Å². The summed E-state index contributed by atoms with van der Waals surface area (Å²) in [7, 11) is 1.76. The van der Waals surface area contributed by atoms with Crippen LogP contribution in [0.15, 0.2) is 4.99 Å². The van der Waals surface area contributed by atoms with E-state index in [-0.39, 0.29) is 10.3 Å². The number of nitrogens with zero attached hydrogens (tertiary/aromatic N) is 1. The molecule has 1 rings (SSSR count). The van der Waals surface area contributed by atoms with Gasteiger partial charge < -0.3 is 10.6 Å². The van der Waals surface area contributed by atoms with E-state index < -0.39 is 0 Å². The molecule has 0 unspecified atom stereocenters. The van der Waals surface area contributed by atoms with Gasteiger partial charge in [0.25, 0.3) is 0 Å². The lowest BCUT2D eigenvalue weighted by molar-refractivity contribution is 0.942. The van der Waals surface area contributed by atoms with Gasteiger partial charge in [-0.25, -0.2) is 0 Å². The lowest BCUT2D eigenvalue weighted by Gasteiger charge is -1.90. The van der Waals surface area contributed by atoms with Crippen molar-refractivity contribution in [1.82, 2.24) is 10.6 Å². The van der Waals surface area contributed by atoms with Crippen LogP contribution in [0, 0.1) is 0 Å². The molecule has 0 atom stereocenters. The maximum Gasteiger partial charge on any atom is 0.191 e. The van der Waals surface area contributed by atoms with E-state index >= 15 is 0 Å². The Labute approximate surface area is 53.2 Å². The molecule has 2 N–H and O–H groups in total. The zero-order valence-corrected chi connectivity index (χ0v) is 4.36. The molecule has 0 aromatic heterocycles. The number of guanidine groups is 1. The molecule has 0 amide bonds. The topological polar surface area (TPSA) is 36.4 Å². The van der Waals surface area contributed by atoms with Crippen LogP contribution in [0.1, 0.15) is 10.3 Å². The molecule has 0 saturated carbocycles. The fraction of sp³-hybridized carbons (Fsp3) is 0.800. The Hall–Kier alpha value is -0.730. The molecule has 1 saturated heterocycles. The molecule has 1 heterocycles. The predicted octanol–water partition coefficient (Wildman–Crippen LogP) is 0.293. The standard InChI is InChI=1S/C4H9N3.CH4.2H2/c1-5-4-6-2-3-7-4;;;/h2-3H2,1H3,(H2,5,6,7);1H4;2*1H. The SMILES string of the molecule is C.CN=C1NCCN1.[HH].[HH]. The van der Waals surface area contributed by atoms with Crippen LogP contribution in [-0.4, -0.2) is 26.1 Å². The summed E-state index contributed by atoms with van der Waals surface area (Å²) >= 11 is 0. The minimum Gasteiger partial charge on any atom is -0.355 e. The summed E-state index contributed by atoms with van der Waals surface area (Å²) in [6.07, 6.45) is 0. The van der Waals surface area contributed by atoms with E-state index in [0.29, 0.717) is 0 Å². The maximum absolute atomic E-state index is 3.88. The molecular formula is C5H17N3. The highest BCUT2D eigenvalue weighted by atomic mass is 15.2. The summed E-state index contributed by atoms with van der Waals surface area (Å²) < 4.78 is 0. The van der Waals surface area contributed by atoms with Crippen molar-refractivity contribution in [2.24, 2.45) is 4.99 Å². The van der Waals surface area contributed by atoms with Gasteiger partial charge in [-0.2, -0.15) is 0 Å². The second kappa shape index (κ2) is 3.29. The quantitative estimate of drug-likeness (QED) is 0.481. The summed E-state index contributed by atoms with van der Waals surface area (Å²) in [5.41, 5.74) is 0. The predicted molar refractivity (Wildman–Crippen MR) is 40.3 cm³/mol. The Bertz CT molecular complexity index is 86.9. The molecule has 0 bridgehead atoms. The van der Waals surface area contributed by atoms with Crippen LogP contribution in [-0.2, 0) is 0 Å². The Balaban J connectivity index is -0.000000163. The maximum atomic E-state index is 3.88. The minimum absolute atomic E-state index is 0. The molecule has 3 nitrogen and oxygen atoms in total. The van der Waals surface area contributed by atoms with Crippen LogP contribution >= 0.6 is 0 Å². The molecule has 3 heteroatoms. The molecule has 0 aromatic rings. The molecule has 1 fully saturated rings. The van der Waals surface area contributed by atoms with Crippen molar-refractivity contribution in [2.75, 3.05) is 20.1 Å². The minimum atomic E-state index is 0. The number of hydrogen-bond acceptors (Lipinski definition) is 1. The highest BCUT2D eigenvalue weighted by Crippen LogP contribution is 1.72. The lowest BCUT2D eigenvalue weighted by Crippen LogP contribution is -2.23.